The van der Waals surface area contributed by atoms with Crippen LogP contribution in [0.25, 0.3) is 0 Å². The highest BCUT2D eigenvalue weighted by Gasteiger charge is 2.38. The van der Waals surface area contributed by atoms with Gasteiger partial charge in [0.2, 0.25) is 12.7 Å². The summed E-state index contributed by atoms with van der Waals surface area (Å²) in [5.41, 5.74) is 1.05. The third-order valence-electron chi connectivity index (χ3n) is 4.23. The van der Waals surface area contributed by atoms with Gasteiger partial charge in [0.15, 0.2) is 11.5 Å². The first-order valence-electron chi connectivity index (χ1n) is 8.06. The Morgan fingerprint density at radius 3 is 2.46 bits per heavy atom. The SMILES string of the molecule is O=C(CNC(=O)C(F)(F)F)N1CCN(Cc2ccc3c(c2)OCO3)CC1. The van der Waals surface area contributed by atoms with E-state index in [1.54, 1.807) is 5.32 Å². The molecule has 0 saturated carbocycles. The van der Waals surface area contributed by atoms with E-state index < -0.39 is 24.5 Å². The van der Waals surface area contributed by atoms with Crippen molar-refractivity contribution in [1.82, 2.24) is 15.1 Å². The molecular weight excluding hydrogens is 355 g/mol. The maximum absolute atomic E-state index is 12.1. The minimum Gasteiger partial charge on any atom is -0.454 e. The van der Waals surface area contributed by atoms with Crippen LogP contribution in [0.5, 0.6) is 11.5 Å². The van der Waals surface area contributed by atoms with Crippen LogP contribution in [0.2, 0.25) is 0 Å². The number of ether oxygens (including phenoxy) is 2. The van der Waals surface area contributed by atoms with Gasteiger partial charge in [-0.1, -0.05) is 6.07 Å². The van der Waals surface area contributed by atoms with Crippen molar-refractivity contribution in [3.05, 3.63) is 23.8 Å². The van der Waals surface area contributed by atoms with Crippen LogP contribution in [0, 0.1) is 0 Å². The van der Waals surface area contributed by atoms with Crippen molar-refractivity contribution in [2.75, 3.05) is 39.5 Å². The van der Waals surface area contributed by atoms with Gasteiger partial charge in [0, 0.05) is 32.7 Å². The average Bonchev–Trinajstić information content (AvgIpc) is 3.07. The van der Waals surface area contributed by atoms with E-state index in [0.717, 1.165) is 5.56 Å². The molecule has 1 aromatic rings. The maximum Gasteiger partial charge on any atom is 0.471 e. The summed E-state index contributed by atoms with van der Waals surface area (Å²) in [4.78, 5) is 26.3. The lowest BCUT2D eigenvalue weighted by atomic mass is 10.1. The van der Waals surface area contributed by atoms with Gasteiger partial charge in [-0.3, -0.25) is 14.5 Å². The molecule has 1 aromatic carbocycles. The van der Waals surface area contributed by atoms with E-state index in [2.05, 4.69) is 4.90 Å². The van der Waals surface area contributed by atoms with Crippen molar-refractivity contribution in [3.63, 3.8) is 0 Å². The van der Waals surface area contributed by atoms with Crippen molar-refractivity contribution in [2.24, 2.45) is 0 Å². The second kappa shape index (κ2) is 7.40. The largest absolute Gasteiger partial charge is 0.471 e. The van der Waals surface area contributed by atoms with Crippen LogP contribution in [-0.4, -0.2) is 67.3 Å². The van der Waals surface area contributed by atoms with Crippen LogP contribution < -0.4 is 14.8 Å². The van der Waals surface area contributed by atoms with Gasteiger partial charge in [-0.15, -0.1) is 0 Å². The number of alkyl halides is 3. The number of nitrogens with one attached hydrogen (secondary N) is 1. The summed E-state index contributed by atoms with van der Waals surface area (Å²) in [7, 11) is 0. The monoisotopic (exact) mass is 373 g/mol. The Hall–Kier alpha value is -2.49. The van der Waals surface area contributed by atoms with Gasteiger partial charge in [0.1, 0.15) is 0 Å². The molecule has 142 valence electrons. The quantitative estimate of drug-likeness (QED) is 0.843. The minimum absolute atomic E-state index is 0.213. The van der Waals surface area contributed by atoms with E-state index in [1.165, 1.54) is 4.90 Å². The van der Waals surface area contributed by atoms with E-state index >= 15 is 0 Å². The summed E-state index contributed by atoms with van der Waals surface area (Å²) in [5.74, 6) is -1.21. The fourth-order valence-corrected chi connectivity index (χ4v) is 2.82. The summed E-state index contributed by atoms with van der Waals surface area (Å²) in [6, 6.07) is 5.70. The molecule has 2 aliphatic rings. The lowest BCUT2D eigenvalue weighted by molar-refractivity contribution is -0.174. The van der Waals surface area contributed by atoms with Crippen LogP contribution in [-0.2, 0) is 16.1 Å². The molecule has 0 aliphatic carbocycles. The van der Waals surface area contributed by atoms with E-state index in [9.17, 15) is 22.8 Å². The fourth-order valence-electron chi connectivity index (χ4n) is 2.82. The topological polar surface area (TPSA) is 71.1 Å². The van der Waals surface area contributed by atoms with Gasteiger partial charge in [0.05, 0.1) is 6.54 Å². The zero-order valence-corrected chi connectivity index (χ0v) is 13.8. The zero-order chi connectivity index (χ0) is 18.7. The first-order valence-corrected chi connectivity index (χ1v) is 8.06. The van der Waals surface area contributed by atoms with E-state index in [1.807, 2.05) is 18.2 Å². The summed E-state index contributed by atoms with van der Waals surface area (Å²) >= 11 is 0. The molecule has 3 rings (SSSR count). The summed E-state index contributed by atoms with van der Waals surface area (Å²) in [6.07, 6.45) is -4.98. The van der Waals surface area contributed by atoms with Gasteiger partial charge in [-0.25, -0.2) is 0 Å². The predicted molar refractivity (Wildman–Crippen MR) is 83.5 cm³/mol. The van der Waals surface area contributed by atoms with Crippen LogP contribution in [0.3, 0.4) is 0 Å². The van der Waals surface area contributed by atoms with Crippen molar-refractivity contribution in [2.45, 2.75) is 12.7 Å². The summed E-state index contributed by atoms with van der Waals surface area (Å²) < 4.78 is 47.0. The van der Waals surface area contributed by atoms with Crippen molar-refractivity contribution in [3.8, 4) is 11.5 Å². The first-order chi connectivity index (χ1) is 12.3. The predicted octanol–water partition coefficient (Wildman–Crippen LogP) is 0.738. The molecule has 1 saturated heterocycles. The third-order valence-corrected chi connectivity index (χ3v) is 4.23. The number of carbonyl (C=O) groups is 2. The number of carbonyl (C=O) groups excluding carboxylic acids is 2. The summed E-state index contributed by atoms with van der Waals surface area (Å²) in [6.45, 7) is 2.20. The van der Waals surface area contributed by atoms with Crippen molar-refractivity contribution < 1.29 is 32.2 Å². The highest BCUT2D eigenvalue weighted by molar-refractivity contribution is 5.87. The Labute approximate surface area is 147 Å². The molecule has 7 nitrogen and oxygen atoms in total. The number of benzene rings is 1. The van der Waals surface area contributed by atoms with Crippen LogP contribution >= 0.6 is 0 Å². The fraction of sp³-hybridized carbons (Fsp3) is 0.500. The number of rotatable bonds is 4. The molecule has 0 unspecified atom stereocenters. The van der Waals surface area contributed by atoms with Gasteiger partial charge < -0.3 is 19.7 Å². The standard InChI is InChI=1S/C16H18F3N3O4/c17-16(18,19)15(24)20-8-14(23)22-5-3-21(4-6-22)9-11-1-2-12-13(7-11)26-10-25-12/h1-2,7H,3-6,8-10H2,(H,20,24). The van der Waals surface area contributed by atoms with Gasteiger partial charge in [-0.05, 0) is 17.7 Å². The number of hydrogen-bond acceptors (Lipinski definition) is 5. The van der Waals surface area contributed by atoms with Gasteiger partial charge in [-0.2, -0.15) is 13.2 Å². The molecule has 1 N–H and O–H groups in total. The zero-order valence-electron chi connectivity index (χ0n) is 13.8. The van der Waals surface area contributed by atoms with Crippen LogP contribution in [0.15, 0.2) is 18.2 Å². The Balaban J connectivity index is 1.44. The number of amides is 2. The highest BCUT2D eigenvalue weighted by atomic mass is 19.4. The first kappa shape index (κ1) is 18.3. The average molecular weight is 373 g/mol. The van der Waals surface area contributed by atoms with Gasteiger partial charge in [0.25, 0.3) is 0 Å². The molecule has 0 radical (unpaired) electrons. The normalized spacial score (nSPS) is 17.3. The molecular formula is C16H18F3N3O4. The molecule has 2 amide bonds. The highest BCUT2D eigenvalue weighted by Crippen LogP contribution is 2.32. The number of fused-ring (bicyclic) bond motifs is 1. The molecule has 10 heteroatoms. The lowest BCUT2D eigenvalue weighted by Crippen LogP contribution is -2.51. The molecule has 0 spiro atoms. The van der Waals surface area contributed by atoms with Crippen LogP contribution in [0.1, 0.15) is 5.56 Å². The Bertz CT molecular complexity index is 688. The third kappa shape index (κ3) is 4.37. The number of nitrogens with zero attached hydrogens (tertiary/aromatic N) is 2. The molecule has 0 bridgehead atoms. The number of piperazine rings is 1. The second-order valence-electron chi connectivity index (χ2n) is 6.02. The molecule has 2 aliphatic heterocycles. The molecule has 0 atom stereocenters. The minimum atomic E-state index is -4.98. The van der Waals surface area contributed by atoms with Crippen molar-refractivity contribution >= 4 is 11.8 Å². The Morgan fingerprint density at radius 1 is 1.08 bits per heavy atom. The summed E-state index contributed by atoms with van der Waals surface area (Å²) in [5, 5.41) is 1.60. The molecule has 2 heterocycles. The van der Waals surface area contributed by atoms with E-state index in [0.29, 0.717) is 44.2 Å². The molecule has 1 fully saturated rings. The second-order valence-corrected chi connectivity index (χ2v) is 6.02. The molecule has 26 heavy (non-hydrogen) atoms. The van der Waals surface area contributed by atoms with Crippen LogP contribution in [0.4, 0.5) is 13.2 Å². The van der Waals surface area contributed by atoms with Crippen molar-refractivity contribution in [1.29, 1.82) is 0 Å². The molecule has 0 aromatic heterocycles. The lowest BCUT2D eigenvalue weighted by Gasteiger charge is -2.34. The van der Waals surface area contributed by atoms with Gasteiger partial charge >= 0.3 is 12.1 Å². The number of hydrogen-bond donors (Lipinski definition) is 1. The van der Waals surface area contributed by atoms with E-state index in [-0.39, 0.29) is 6.79 Å². The maximum atomic E-state index is 12.1. The smallest absolute Gasteiger partial charge is 0.454 e. The number of halogens is 3. The Morgan fingerprint density at radius 2 is 1.77 bits per heavy atom. The Kier molecular flexibility index (Phi) is 5.21. The van der Waals surface area contributed by atoms with E-state index in [4.69, 9.17) is 9.47 Å².